The summed E-state index contributed by atoms with van der Waals surface area (Å²) in [7, 11) is -3.78. The zero-order valence-corrected chi connectivity index (χ0v) is 15.7. The van der Waals surface area contributed by atoms with Crippen LogP contribution in [0.4, 0.5) is 0 Å². The zero-order valence-electron chi connectivity index (χ0n) is 14.0. The van der Waals surface area contributed by atoms with Gasteiger partial charge in [-0.1, -0.05) is 49.4 Å². The van der Waals surface area contributed by atoms with Crippen molar-refractivity contribution in [2.45, 2.75) is 30.8 Å². The molecule has 2 aromatic carbocycles. The number of benzene rings is 2. The summed E-state index contributed by atoms with van der Waals surface area (Å²) in [4.78, 5) is 13.2. The van der Waals surface area contributed by atoms with Crippen molar-refractivity contribution in [1.82, 2.24) is 4.31 Å². The average Bonchev–Trinajstić information content (AvgIpc) is 3.14. The summed E-state index contributed by atoms with van der Waals surface area (Å²) in [6.07, 6.45) is 0.236. The number of thiophene rings is 1. The fourth-order valence-corrected chi connectivity index (χ4v) is 6.88. The SMILES string of the molecule is CCC(C(=O)O)N1Cc2sc(-c3cccc4ccccc34)cc2S1(=O)=O. The van der Waals surface area contributed by atoms with Gasteiger partial charge in [-0.05, 0) is 28.8 Å². The monoisotopic (exact) mass is 387 g/mol. The van der Waals surface area contributed by atoms with E-state index in [1.165, 1.54) is 11.3 Å². The van der Waals surface area contributed by atoms with Gasteiger partial charge in [0.15, 0.2) is 0 Å². The van der Waals surface area contributed by atoms with E-state index in [0.717, 1.165) is 25.5 Å². The first-order valence-electron chi connectivity index (χ1n) is 8.29. The van der Waals surface area contributed by atoms with Crippen molar-refractivity contribution in [3.8, 4) is 10.4 Å². The van der Waals surface area contributed by atoms with Crippen LogP contribution in [0.2, 0.25) is 0 Å². The first kappa shape index (κ1) is 17.2. The standard InChI is InChI=1S/C19H17NO4S2/c1-2-15(19(21)22)20-11-17-18(26(20,23)24)10-16(25-17)14-9-5-7-12-6-3-4-8-13(12)14/h3-10,15H,2,11H2,1H3,(H,21,22). The average molecular weight is 387 g/mol. The topological polar surface area (TPSA) is 74.7 Å². The predicted molar refractivity (Wildman–Crippen MR) is 102 cm³/mol. The molecule has 0 bridgehead atoms. The van der Waals surface area contributed by atoms with E-state index in [-0.39, 0.29) is 17.9 Å². The molecular formula is C19H17NO4S2. The van der Waals surface area contributed by atoms with Gasteiger partial charge in [0.2, 0.25) is 10.0 Å². The summed E-state index contributed by atoms with van der Waals surface area (Å²) in [5, 5.41) is 11.5. The minimum atomic E-state index is -3.78. The van der Waals surface area contributed by atoms with Gasteiger partial charge in [0.05, 0.1) is 11.4 Å². The molecule has 7 heteroatoms. The van der Waals surface area contributed by atoms with Gasteiger partial charge in [-0.3, -0.25) is 4.79 Å². The Morgan fingerprint density at radius 2 is 1.96 bits per heavy atom. The van der Waals surface area contributed by atoms with E-state index in [2.05, 4.69) is 0 Å². The molecular weight excluding hydrogens is 370 g/mol. The van der Waals surface area contributed by atoms with E-state index in [1.54, 1.807) is 13.0 Å². The van der Waals surface area contributed by atoms with Crippen LogP contribution in [0.25, 0.3) is 21.2 Å². The Morgan fingerprint density at radius 3 is 2.65 bits per heavy atom. The lowest BCUT2D eigenvalue weighted by molar-refractivity contribution is -0.141. The number of sulfonamides is 1. The van der Waals surface area contributed by atoms with Gasteiger partial charge >= 0.3 is 5.97 Å². The lowest BCUT2D eigenvalue weighted by Gasteiger charge is -2.21. The molecule has 1 aromatic heterocycles. The molecule has 0 fully saturated rings. The van der Waals surface area contributed by atoms with Crippen LogP contribution in [0, 0.1) is 0 Å². The van der Waals surface area contributed by atoms with E-state index < -0.39 is 22.0 Å². The van der Waals surface area contributed by atoms with Crippen molar-refractivity contribution in [2.24, 2.45) is 0 Å². The fraction of sp³-hybridized carbons (Fsp3) is 0.211. The Hall–Kier alpha value is -2.22. The molecule has 1 aliphatic rings. The van der Waals surface area contributed by atoms with E-state index in [1.807, 2.05) is 42.5 Å². The van der Waals surface area contributed by atoms with E-state index >= 15 is 0 Å². The largest absolute Gasteiger partial charge is 0.480 e. The molecule has 0 spiro atoms. The van der Waals surface area contributed by atoms with E-state index in [0.29, 0.717) is 4.88 Å². The Labute approximate surface area is 155 Å². The second-order valence-electron chi connectivity index (χ2n) is 6.24. The predicted octanol–water partition coefficient (Wildman–Crippen LogP) is 3.94. The third-order valence-electron chi connectivity index (χ3n) is 4.73. The highest BCUT2D eigenvalue weighted by molar-refractivity contribution is 7.89. The number of carboxylic acids is 1. The second kappa shape index (κ2) is 6.19. The Morgan fingerprint density at radius 1 is 1.23 bits per heavy atom. The van der Waals surface area contributed by atoms with Gasteiger partial charge in [0.25, 0.3) is 0 Å². The summed E-state index contributed by atoms with van der Waals surface area (Å²) in [5.41, 5.74) is 0.995. The molecule has 26 heavy (non-hydrogen) atoms. The van der Waals surface area contributed by atoms with Crippen LogP contribution in [-0.2, 0) is 21.4 Å². The van der Waals surface area contributed by atoms with Gasteiger partial charge in [0.1, 0.15) is 6.04 Å². The summed E-state index contributed by atoms with van der Waals surface area (Å²) in [6, 6.07) is 14.6. The molecule has 1 aliphatic heterocycles. The molecule has 1 atom stereocenters. The van der Waals surface area contributed by atoms with Crippen LogP contribution < -0.4 is 0 Å². The highest BCUT2D eigenvalue weighted by Gasteiger charge is 2.43. The Balaban J connectivity index is 1.80. The fourth-order valence-electron chi connectivity index (χ4n) is 3.45. The molecule has 2 heterocycles. The smallest absolute Gasteiger partial charge is 0.322 e. The maximum absolute atomic E-state index is 12.9. The molecule has 5 nitrogen and oxygen atoms in total. The maximum atomic E-state index is 12.9. The van der Waals surface area contributed by atoms with Gasteiger partial charge in [-0.2, -0.15) is 4.31 Å². The second-order valence-corrected chi connectivity index (χ2v) is 9.23. The highest BCUT2D eigenvalue weighted by Crippen LogP contribution is 2.43. The molecule has 134 valence electrons. The number of aliphatic carboxylic acids is 1. The normalized spacial score (nSPS) is 17.3. The van der Waals surface area contributed by atoms with Crippen LogP contribution in [-0.4, -0.2) is 29.8 Å². The van der Waals surface area contributed by atoms with Crippen LogP contribution in [0.1, 0.15) is 18.2 Å². The van der Waals surface area contributed by atoms with Crippen molar-refractivity contribution in [2.75, 3.05) is 0 Å². The molecule has 3 aromatic rings. The lowest BCUT2D eigenvalue weighted by Crippen LogP contribution is -2.40. The minimum Gasteiger partial charge on any atom is -0.480 e. The van der Waals surface area contributed by atoms with Crippen LogP contribution >= 0.6 is 11.3 Å². The minimum absolute atomic E-state index is 0.123. The molecule has 1 N–H and O–H groups in total. The zero-order chi connectivity index (χ0) is 18.5. The van der Waals surface area contributed by atoms with Crippen LogP contribution in [0.15, 0.2) is 53.4 Å². The molecule has 0 amide bonds. The number of carbonyl (C=O) groups is 1. The van der Waals surface area contributed by atoms with E-state index in [4.69, 9.17) is 0 Å². The molecule has 4 rings (SSSR count). The van der Waals surface area contributed by atoms with Gasteiger partial charge in [-0.15, -0.1) is 11.3 Å². The number of hydrogen-bond donors (Lipinski definition) is 1. The van der Waals surface area contributed by atoms with Crippen molar-refractivity contribution >= 4 is 38.1 Å². The Bertz CT molecular complexity index is 1110. The summed E-state index contributed by atoms with van der Waals surface area (Å²) >= 11 is 1.42. The third-order valence-corrected chi connectivity index (χ3v) is 7.93. The van der Waals surface area contributed by atoms with Crippen molar-refractivity contribution in [3.63, 3.8) is 0 Å². The molecule has 1 unspecified atom stereocenters. The summed E-state index contributed by atoms with van der Waals surface area (Å²) < 4.78 is 26.8. The Kier molecular flexibility index (Phi) is 4.10. The quantitative estimate of drug-likeness (QED) is 0.736. The van der Waals surface area contributed by atoms with Crippen LogP contribution in [0.3, 0.4) is 0 Å². The number of nitrogens with zero attached hydrogens (tertiary/aromatic N) is 1. The maximum Gasteiger partial charge on any atom is 0.322 e. The van der Waals surface area contributed by atoms with Crippen LogP contribution in [0.5, 0.6) is 0 Å². The number of fused-ring (bicyclic) bond motifs is 2. The third kappa shape index (κ3) is 2.55. The molecule has 0 aliphatic carbocycles. The molecule has 0 saturated carbocycles. The van der Waals surface area contributed by atoms with E-state index in [9.17, 15) is 18.3 Å². The van der Waals surface area contributed by atoms with Crippen molar-refractivity contribution in [1.29, 1.82) is 0 Å². The van der Waals surface area contributed by atoms with Gasteiger partial charge < -0.3 is 5.11 Å². The first-order valence-corrected chi connectivity index (χ1v) is 10.5. The number of hydrogen-bond acceptors (Lipinski definition) is 4. The molecule has 0 radical (unpaired) electrons. The van der Waals surface area contributed by atoms with Crippen molar-refractivity contribution < 1.29 is 18.3 Å². The lowest BCUT2D eigenvalue weighted by atomic mass is 10.0. The number of carboxylic acid groups (broad SMARTS) is 1. The summed E-state index contributed by atoms with van der Waals surface area (Å²) in [5.74, 6) is -1.11. The number of rotatable bonds is 4. The van der Waals surface area contributed by atoms with Gasteiger partial charge in [-0.25, -0.2) is 8.42 Å². The molecule has 0 saturated heterocycles. The highest BCUT2D eigenvalue weighted by atomic mass is 32.2. The van der Waals surface area contributed by atoms with Gasteiger partial charge in [0, 0.05) is 9.75 Å². The van der Waals surface area contributed by atoms with Crippen molar-refractivity contribution in [3.05, 3.63) is 53.4 Å². The summed E-state index contributed by atoms with van der Waals surface area (Å²) in [6.45, 7) is 1.81. The first-order chi connectivity index (χ1) is 12.4.